The number of hydrogen-bond donors (Lipinski definition) is 5. The van der Waals surface area contributed by atoms with Gasteiger partial charge in [0.05, 0.1) is 42.1 Å². The Balaban J connectivity index is 1.22. The van der Waals surface area contributed by atoms with Gasteiger partial charge < -0.3 is 55.7 Å². The number of nitrogens with one attached hydrogen (secondary N) is 4. The molecule has 0 bridgehead atoms. The minimum absolute atomic E-state index is 0.00108. The molecular formula is C73H111N11O10S. The van der Waals surface area contributed by atoms with Gasteiger partial charge in [0.15, 0.2) is 5.78 Å². The highest BCUT2D eigenvalue weighted by atomic mass is 32.2. The highest BCUT2D eigenvalue weighted by molar-refractivity contribution is 7.98. The van der Waals surface area contributed by atoms with Crippen LogP contribution in [0.5, 0.6) is 0 Å². The lowest BCUT2D eigenvalue weighted by molar-refractivity contribution is -0.148. The molecule has 5 rings (SSSR count). The summed E-state index contributed by atoms with van der Waals surface area (Å²) in [4.78, 5) is 126. The summed E-state index contributed by atoms with van der Waals surface area (Å²) < 4.78 is 14.3. The van der Waals surface area contributed by atoms with E-state index in [2.05, 4.69) is 84.3 Å². The summed E-state index contributed by atoms with van der Waals surface area (Å²) in [5.41, 5.74) is 9.19. The number of carbonyl (C=O) groups excluding carboxylic acids is 8. The van der Waals surface area contributed by atoms with Crippen molar-refractivity contribution in [1.29, 1.82) is 0 Å². The maximum atomic E-state index is 14.7. The molecule has 3 heterocycles. The number of urea groups is 1. The zero-order chi connectivity index (χ0) is 70.2. The van der Waals surface area contributed by atoms with Crippen LogP contribution in [0.3, 0.4) is 0 Å². The number of methoxy groups -OCH3 is 2. The van der Waals surface area contributed by atoms with E-state index in [0.717, 1.165) is 39.2 Å². The van der Waals surface area contributed by atoms with E-state index in [1.54, 1.807) is 38.5 Å². The van der Waals surface area contributed by atoms with Gasteiger partial charge in [-0.2, -0.15) is 0 Å². The zero-order valence-corrected chi connectivity index (χ0v) is 60.1. The lowest BCUT2D eigenvalue weighted by atomic mass is 9.82. The number of hydrogen-bond acceptors (Lipinski definition) is 14. The van der Waals surface area contributed by atoms with E-state index >= 15 is 0 Å². The minimum atomic E-state index is -0.841. The molecule has 0 aliphatic carbocycles. The maximum Gasteiger partial charge on any atom is 0.312 e. The lowest BCUT2D eigenvalue weighted by Gasteiger charge is -2.41. The highest BCUT2D eigenvalue weighted by Gasteiger charge is 2.44. The van der Waals surface area contributed by atoms with Crippen molar-refractivity contribution in [1.82, 2.24) is 45.2 Å². The summed E-state index contributed by atoms with van der Waals surface area (Å²) in [6, 6.07) is 16.2. The van der Waals surface area contributed by atoms with Crippen LogP contribution in [0.1, 0.15) is 144 Å². The average molecular weight is 1330 g/mol. The molecular weight excluding hydrogens is 1220 g/mol. The van der Waals surface area contributed by atoms with Gasteiger partial charge in [0, 0.05) is 108 Å². The van der Waals surface area contributed by atoms with E-state index in [1.165, 1.54) is 18.1 Å². The summed E-state index contributed by atoms with van der Waals surface area (Å²) in [6.45, 7) is 24.0. The van der Waals surface area contributed by atoms with Gasteiger partial charge in [-0.15, -0.1) is 11.8 Å². The van der Waals surface area contributed by atoms with Crippen molar-refractivity contribution < 1.29 is 47.8 Å². The van der Waals surface area contributed by atoms with Crippen LogP contribution in [0.4, 0.5) is 10.5 Å². The monoisotopic (exact) mass is 1330 g/mol. The fourth-order valence-corrected chi connectivity index (χ4v) is 14.3. The Morgan fingerprint density at radius 1 is 0.779 bits per heavy atom. The number of Topliss-reactive ketones (excluding diaryl/α,β-unsaturated/α-hetero) is 2. The molecule has 1 aliphatic heterocycles. The van der Waals surface area contributed by atoms with Gasteiger partial charge in [-0.3, -0.25) is 33.6 Å². The Morgan fingerprint density at radius 3 is 2.06 bits per heavy atom. The van der Waals surface area contributed by atoms with Crippen molar-refractivity contribution in [3.8, 4) is 0 Å². The van der Waals surface area contributed by atoms with Gasteiger partial charge in [0.25, 0.3) is 0 Å². The molecule has 21 nitrogen and oxygen atoms in total. The van der Waals surface area contributed by atoms with Crippen LogP contribution >= 0.6 is 11.8 Å². The molecule has 0 radical (unpaired) electrons. The number of ether oxygens (including phenoxy) is 2. The number of aryl methyl sites for hydroxylation is 1. The molecule has 7 amide bonds. The number of carbonyl (C=O) groups is 8. The van der Waals surface area contributed by atoms with Crippen molar-refractivity contribution in [3.05, 3.63) is 96.5 Å². The fraction of sp³-hybridized carbons (Fsp3) is 0.616. The van der Waals surface area contributed by atoms with Gasteiger partial charge >= 0.3 is 6.03 Å². The molecule has 1 aliphatic rings. The smallest absolute Gasteiger partial charge is 0.312 e. The standard InChI is InChI=1S/C73H111N11O10S/c1-17-48(8)66(82(13)72(91)57(45(2)3)38-49(9)65(47(6)7)81(11)12)61(93-14)42-63(88)84-36-22-27-58(84)67(94-15)50(10)59(85)41-54(39-51-24-19-18-20-25-51)69(89)76-43-52-29-31-55(32-30-52)79-70(90)53(26-21-34-75-73(74)92)40-60(86)64(46(4)5)80-62(87)28-23-35-83-37-33-56-68(83)77-44-78-71(56)95-16/h18-20,24-25,29-33,37,44-48,50,53-54,57-58,61,64-67H,9,17,21-23,26-28,34-36,38-43H2,1-8,10-16H3,(H,76,89)(H,79,90)(H,80,87)(H3,74,75,92)/t48-,50-,53+,54+,57-,58-,61+,64-,65-,66-,67+/m0/s1. The number of likely N-dealkylation sites (tertiary alicyclic amines) is 1. The van der Waals surface area contributed by atoms with Crippen LogP contribution in [-0.4, -0.2) is 167 Å². The van der Waals surface area contributed by atoms with Crippen molar-refractivity contribution in [3.63, 3.8) is 0 Å². The predicted octanol–water partition coefficient (Wildman–Crippen LogP) is 9.90. The van der Waals surface area contributed by atoms with E-state index in [-0.39, 0.29) is 110 Å². The summed E-state index contributed by atoms with van der Waals surface area (Å²) in [5.74, 6) is -4.08. The van der Waals surface area contributed by atoms with E-state index < -0.39 is 60.0 Å². The van der Waals surface area contributed by atoms with Crippen LogP contribution in [0.25, 0.3) is 11.0 Å². The summed E-state index contributed by atoms with van der Waals surface area (Å²) >= 11 is 1.54. The van der Waals surface area contributed by atoms with Crippen molar-refractivity contribution in [2.24, 2.45) is 53.1 Å². The summed E-state index contributed by atoms with van der Waals surface area (Å²) in [6.07, 6.45) is 8.14. The maximum absolute atomic E-state index is 14.7. The number of anilines is 1. The van der Waals surface area contributed by atoms with Crippen LogP contribution < -0.4 is 27.0 Å². The molecule has 95 heavy (non-hydrogen) atoms. The molecule has 0 saturated carbocycles. The number of benzene rings is 2. The quantitative estimate of drug-likeness (QED) is 0.0120. The van der Waals surface area contributed by atoms with E-state index in [9.17, 15) is 38.4 Å². The molecule has 11 atom stereocenters. The Hall–Kier alpha value is -7.01. The first-order valence-electron chi connectivity index (χ1n) is 34.0. The normalized spacial score (nSPS) is 16.5. The van der Waals surface area contributed by atoms with Gasteiger partial charge in [0.1, 0.15) is 22.8 Å². The minimum Gasteiger partial charge on any atom is -0.379 e. The third-order valence-electron chi connectivity index (χ3n) is 19.1. The lowest BCUT2D eigenvalue weighted by Crippen LogP contribution is -2.54. The van der Waals surface area contributed by atoms with Crippen molar-refractivity contribution in [2.45, 2.75) is 194 Å². The average Bonchev–Trinajstić information content (AvgIpc) is 1.82. The molecule has 22 heteroatoms. The second-order valence-corrected chi connectivity index (χ2v) is 28.0. The number of thioether (sulfide) groups is 1. The van der Waals surface area contributed by atoms with Gasteiger partial charge in [-0.05, 0) is 118 Å². The topological polar surface area (TPSA) is 270 Å². The predicted molar refractivity (Wildman–Crippen MR) is 376 cm³/mol. The SMILES string of the molecule is C=C(C[C@H](C(=O)N(C)[C@@H]([C@@H](C)CC)[C@@H](CC(=O)N1CCC[C@H]1[C@H](OC)[C@@H](C)C(=O)C[C@@H](Cc1ccccc1)C(=O)NCc1ccc(NC(=O)[C@H](CCCNC(N)=O)CC(=O)[C@@H](NC(=O)CCCn2ccc3c(SC)ncnc32)C(C)C)cc1)OC)C(C)C)[C@H](C(C)C)N(C)C. The molecule has 524 valence electrons. The molecule has 2 aromatic heterocycles. The van der Waals surface area contributed by atoms with E-state index in [4.69, 9.17) is 15.2 Å². The fourth-order valence-electron chi connectivity index (χ4n) is 13.8. The second kappa shape index (κ2) is 38.7. The second-order valence-electron chi connectivity index (χ2n) is 27.2. The number of nitrogens with two attached hydrogens (primary N) is 1. The summed E-state index contributed by atoms with van der Waals surface area (Å²) in [5, 5.41) is 13.3. The summed E-state index contributed by atoms with van der Waals surface area (Å²) in [7, 11) is 9.08. The largest absolute Gasteiger partial charge is 0.379 e. The number of aromatic nitrogens is 3. The first-order valence-corrected chi connectivity index (χ1v) is 35.3. The van der Waals surface area contributed by atoms with Gasteiger partial charge in [-0.1, -0.05) is 123 Å². The van der Waals surface area contributed by atoms with Gasteiger partial charge in [-0.25, -0.2) is 14.8 Å². The highest BCUT2D eigenvalue weighted by Crippen LogP contribution is 2.34. The third kappa shape index (κ3) is 22.8. The van der Waals surface area contributed by atoms with E-state index in [1.807, 2.05) is 105 Å². The van der Waals surface area contributed by atoms with E-state index in [0.29, 0.717) is 63.2 Å². The molecule has 2 aromatic carbocycles. The number of nitrogens with zero attached hydrogens (tertiary/aromatic N) is 6. The number of rotatable bonds is 41. The molecule has 6 N–H and O–H groups in total. The van der Waals surface area contributed by atoms with Crippen LogP contribution in [-0.2, 0) is 62.5 Å². The Bertz CT molecular complexity index is 3150. The Kier molecular flexibility index (Phi) is 32.0. The molecule has 1 fully saturated rings. The number of likely N-dealkylation sites (N-methyl/N-ethyl adjacent to an activating group) is 2. The van der Waals surface area contributed by atoms with Crippen LogP contribution in [0.2, 0.25) is 0 Å². The molecule has 1 saturated heterocycles. The van der Waals surface area contributed by atoms with Crippen LogP contribution in [0, 0.1) is 47.3 Å². The zero-order valence-electron chi connectivity index (χ0n) is 59.3. The Morgan fingerprint density at radius 2 is 1.46 bits per heavy atom. The molecule has 0 unspecified atom stereocenters. The third-order valence-corrected chi connectivity index (χ3v) is 19.8. The molecule has 0 spiro atoms. The van der Waals surface area contributed by atoms with Gasteiger partial charge in [0.2, 0.25) is 29.5 Å². The van der Waals surface area contributed by atoms with Crippen molar-refractivity contribution >= 4 is 75.6 Å². The first-order chi connectivity index (χ1) is 45.1. The van der Waals surface area contributed by atoms with Crippen LogP contribution in [0.15, 0.2) is 90.4 Å². The number of primary amides is 1. The Labute approximate surface area is 569 Å². The first kappa shape index (κ1) is 78.7. The number of fused-ring (bicyclic) bond motifs is 1. The molecule has 4 aromatic rings. The van der Waals surface area contributed by atoms with Crippen molar-refractivity contribution in [2.75, 3.05) is 60.0 Å². The number of ketones is 2. The number of amides is 7.